The summed E-state index contributed by atoms with van der Waals surface area (Å²) in [5, 5.41) is 8.78. The predicted molar refractivity (Wildman–Crippen MR) is 61.7 cm³/mol. The average Bonchev–Trinajstić information content (AvgIpc) is 2.72. The molecule has 1 aromatic carbocycles. The molecule has 0 saturated carbocycles. The average molecular weight is 231 g/mol. The Labute approximate surface area is 96.5 Å². The van der Waals surface area contributed by atoms with Crippen LogP contribution >= 0.6 is 11.6 Å². The van der Waals surface area contributed by atoms with Crippen molar-refractivity contribution in [2.24, 2.45) is 0 Å². The zero-order valence-electron chi connectivity index (χ0n) is 8.21. The molecule has 0 atom stereocenters. The van der Waals surface area contributed by atoms with E-state index in [-0.39, 0.29) is 0 Å². The van der Waals surface area contributed by atoms with Crippen LogP contribution in [0.5, 0.6) is 0 Å². The summed E-state index contributed by atoms with van der Waals surface area (Å²) < 4.78 is 1.74. The zero-order chi connectivity index (χ0) is 11.0. The highest BCUT2D eigenvalue weighted by Gasteiger charge is 2.05. The van der Waals surface area contributed by atoms with Gasteiger partial charge in [-0.2, -0.15) is 0 Å². The second kappa shape index (κ2) is 3.57. The van der Waals surface area contributed by atoms with Crippen molar-refractivity contribution in [3.63, 3.8) is 0 Å². The molecule has 0 bridgehead atoms. The first-order valence-electron chi connectivity index (χ1n) is 4.76. The van der Waals surface area contributed by atoms with Gasteiger partial charge in [-0.25, -0.2) is 4.68 Å². The Morgan fingerprint density at radius 1 is 1.19 bits per heavy atom. The van der Waals surface area contributed by atoms with E-state index >= 15 is 0 Å². The number of nitrogens with zero attached hydrogens (tertiary/aromatic N) is 4. The summed E-state index contributed by atoms with van der Waals surface area (Å²) in [6.45, 7) is 0. The zero-order valence-corrected chi connectivity index (χ0v) is 8.96. The highest BCUT2D eigenvalue weighted by Crippen LogP contribution is 2.18. The fraction of sp³-hybridized carbons (Fsp3) is 0. The topological polar surface area (TPSA) is 43.6 Å². The molecule has 0 fully saturated rings. The maximum atomic E-state index is 5.94. The second-order valence-electron chi connectivity index (χ2n) is 3.35. The minimum Gasteiger partial charge on any atom is -0.262 e. The van der Waals surface area contributed by atoms with Gasteiger partial charge in [0.15, 0.2) is 0 Å². The van der Waals surface area contributed by atoms with Gasteiger partial charge in [0.05, 0.1) is 17.4 Å². The molecule has 0 aliphatic heterocycles. The highest BCUT2D eigenvalue weighted by atomic mass is 35.5. The van der Waals surface area contributed by atoms with E-state index in [1.165, 1.54) is 0 Å². The van der Waals surface area contributed by atoms with Crippen molar-refractivity contribution in [3.05, 3.63) is 47.7 Å². The number of halogens is 1. The van der Waals surface area contributed by atoms with Crippen LogP contribution in [0.15, 0.2) is 42.7 Å². The van der Waals surface area contributed by atoms with Gasteiger partial charge in [0.1, 0.15) is 5.52 Å². The molecule has 16 heavy (non-hydrogen) atoms. The van der Waals surface area contributed by atoms with E-state index < -0.39 is 0 Å². The Morgan fingerprint density at radius 3 is 3.00 bits per heavy atom. The highest BCUT2D eigenvalue weighted by molar-refractivity contribution is 6.30. The van der Waals surface area contributed by atoms with Gasteiger partial charge in [-0.1, -0.05) is 22.9 Å². The largest absolute Gasteiger partial charge is 0.262 e. The number of aromatic nitrogens is 4. The van der Waals surface area contributed by atoms with Crippen LogP contribution in [0.3, 0.4) is 0 Å². The van der Waals surface area contributed by atoms with Crippen LogP contribution in [0.25, 0.3) is 16.7 Å². The van der Waals surface area contributed by atoms with Crippen molar-refractivity contribution in [1.82, 2.24) is 20.0 Å². The summed E-state index contributed by atoms with van der Waals surface area (Å²) in [6, 6.07) is 9.35. The number of benzene rings is 1. The molecule has 2 aromatic heterocycles. The molecule has 78 valence electrons. The van der Waals surface area contributed by atoms with Gasteiger partial charge in [0.2, 0.25) is 0 Å². The van der Waals surface area contributed by atoms with Crippen LogP contribution in [0, 0.1) is 0 Å². The van der Waals surface area contributed by atoms with Gasteiger partial charge in [0, 0.05) is 11.2 Å². The second-order valence-corrected chi connectivity index (χ2v) is 3.78. The molecule has 3 rings (SSSR count). The van der Waals surface area contributed by atoms with Gasteiger partial charge in [-0.05, 0) is 24.3 Å². The fourth-order valence-electron chi connectivity index (χ4n) is 1.57. The molecule has 0 aliphatic carbocycles. The fourth-order valence-corrected chi connectivity index (χ4v) is 1.76. The quantitative estimate of drug-likeness (QED) is 0.645. The minimum absolute atomic E-state index is 0.676. The Morgan fingerprint density at radius 2 is 2.12 bits per heavy atom. The van der Waals surface area contributed by atoms with Crippen molar-refractivity contribution in [2.75, 3.05) is 0 Å². The van der Waals surface area contributed by atoms with Crippen LogP contribution in [-0.4, -0.2) is 20.0 Å². The van der Waals surface area contributed by atoms with Crippen molar-refractivity contribution >= 4 is 22.6 Å². The van der Waals surface area contributed by atoms with Crippen LogP contribution in [-0.2, 0) is 0 Å². The van der Waals surface area contributed by atoms with Crippen molar-refractivity contribution in [1.29, 1.82) is 0 Å². The molecular formula is C11H7ClN4. The molecule has 2 heterocycles. The van der Waals surface area contributed by atoms with E-state index in [2.05, 4.69) is 15.3 Å². The first-order chi connectivity index (χ1) is 7.84. The number of rotatable bonds is 1. The normalized spacial score (nSPS) is 10.8. The summed E-state index contributed by atoms with van der Waals surface area (Å²) in [4.78, 5) is 4.00. The van der Waals surface area contributed by atoms with Crippen molar-refractivity contribution in [3.8, 4) is 5.69 Å². The number of fused-ring (bicyclic) bond motifs is 1. The molecule has 5 heteroatoms. The van der Waals surface area contributed by atoms with Gasteiger partial charge in [0.25, 0.3) is 0 Å². The SMILES string of the molecule is Clc1cccc(-n2nnc3cnccc32)c1. The molecule has 0 amide bonds. The van der Waals surface area contributed by atoms with E-state index in [0.29, 0.717) is 5.02 Å². The van der Waals surface area contributed by atoms with E-state index in [1.807, 2.05) is 30.3 Å². The molecule has 0 unspecified atom stereocenters. The summed E-state index contributed by atoms with van der Waals surface area (Å²) in [6.07, 6.45) is 3.40. The van der Waals surface area contributed by atoms with Crippen LogP contribution in [0.2, 0.25) is 5.02 Å². The van der Waals surface area contributed by atoms with E-state index in [0.717, 1.165) is 16.7 Å². The maximum Gasteiger partial charge on any atom is 0.131 e. The first-order valence-corrected chi connectivity index (χ1v) is 5.14. The van der Waals surface area contributed by atoms with Crippen LogP contribution in [0.4, 0.5) is 0 Å². The van der Waals surface area contributed by atoms with Gasteiger partial charge >= 0.3 is 0 Å². The Hall–Kier alpha value is -1.94. The Balaban J connectivity index is 2.26. The van der Waals surface area contributed by atoms with Crippen LogP contribution < -0.4 is 0 Å². The molecule has 0 radical (unpaired) electrons. The molecular weight excluding hydrogens is 224 g/mol. The lowest BCUT2D eigenvalue weighted by Crippen LogP contribution is -1.95. The standard InChI is InChI=1S/C11H7ClN4/c12-8-2-1-3-9(6-8)16-11-4-5-13-7-10(11)14-15-16/h1-7H. The monoisotopic (exact) mass is 230 g/mol. The molecule has 0 aliphatic rings. The third kappa shape index (κ3) is 1.44. The number of hydrogen-bond donors (Lipinski definition) is 0. The van der Waals surface area contributed by atoms with Crippen LogP contribution in [0.1, 0.15) is 0 Å². The number of hydrogen-bond acceptors (Lipinski definition) is 3. The van der Waals surface area contributed by atoms with E-state index in [1.54, 1.807) is 17.1 Å². The van der Waals surface area contributed by atoms with E-state index in [4.69, 9.17) is 11.6 Å². The van der Waals surface area contributed by atoms with E-state index in [9.17, 15) is 0 Å². The van der Waals surface area contributed by atoms with Crippen molar-refractivity contribution in [2.45, 2.75) is 0 Å². The lowest BCUT2D eigenvalue weighted by molar-refractivity contribution is 0.824. The lowest BCUT2D eigenvalue weighted by Gasteiger charge is -2.01. The smallest absolute Gasteiger partial charge is 0.131 e. The molecule has 0 spiro atoms. The van der Waals surface area contributed by atoms with Crippen molar-refractivity contribution < 1.29 is 0 Å². The van der Waals surface area contributed by atoms with Gasteiger partial charge in [-0.3, -0.25) is 4.98 Å². The number of pyridine rings is 1. The van der Waals surface area contributed by atoms with Gasteiger partial charge < -0.3 is 0 Å². The summed E-state index contributed by atoms with van der Waals surface area (Å²) in [7, 11) is 0. The molecule has 0 N–H and O–H groups in total. The lowest BCUT2D eigenvalue weighted by atomic mass is 10.3. The summed E-state index contributed by atoms with van der Waals surface area (Å²) in [5.41, 5.74) is 2.57. The predicted octanol–water partition coefficient (Wildman–Crippen LogP) is 2.47. The molecule has 3 aromatic rings. The minimum atomic E-state index is 0.676. The maximum absolute atomic E-state index is 5.94. The Bertz CT molecular complexity index is 647. The third-order valence-corrected chi connectivity index (χ3v) is 2.54. The molecule has 4 nitrogen and oxygen atoms in total. The molecule has 0 saturated heterocycles. The first kappa shape index (κ1) is 9.30. The summed E-state index contributed by atoms with van der Waals surface area (Å²) >= 11 is 5.94. The summed E-state index contributed by atoms with van der Waals surface area (Å²) in [5.74, 6) is 0. The Kier molecular flexibility index (Phi) is 2.08. The van der Waals surface area contributed by atoms with Gasteiger partial charge in [-0.15, -0.1) is 5.10 Å². The third-order valence-electron chi connectivity index (χ3n) is 2.30.